The first-order chi connectivity index (χ1) is 8.79. The van der Waals surface area contributed by atoms with E-state index in [-0.39, 0.29) is 5.91 Å². The summed E-state index contributed by atoms with van der Waals surface area (Å²) in [5.74, 6) is 1.36. The fraction of sp³-hybridized carbons (Fsp3) is 0.267. The maximum Gasteiger partial charge on any atom is 0.227 e. The first-order valence-corrected chi connectivity index (χ1v) is 6.82. The average Bonchev–Trinajstić information content (AvgIpc) is 2.79. The van der Waals surface area contributed by atoms with E-state index < -0.39 is 0 Å². The molecule has 1 aliphatic rings. The second kappa shape index (κ2) is 4.65. The molecular formula is C15H15NOS. The van der Waals surface area contributed by atoms with Gasteiger partial charge in [-0.1, -0.05) is 36.4 Å². The van der Waals surface area contributed by atoms with Crippen LogP contribution in [0.1, 0.15) is 6.42 Å². The molecule has 1 heterocycles. The van der Waals surface area contributed by atoms with Crippen molar-refractivity contribution in [2.24, 2.45) is 5.92 Å². The van der Waals surface area contributed by atoms with Crippen LogP contribution >= 0.6 is 12.6 Å². The van der Waals surface area contributed by atoms with Gasteiger partial charge in [0, 0.05) is 18.4 Å². The molecule has 0 N–H and O–H groups in total. The predicted molar refractivity (Wildman–Crippen MR) is 78.3 cm³/mol. The van der Waals surface area contributed by atoms with Crippen molar-refractivity contribution in [3.05, 3.63) is 42.5 Å². The Morgan fingerprint density at radius 1 is 1.17 bits per heavy atom. The highest BCUT2D eigenvalue weighted by Gasteiger charge is 2.30. The fourth-order valence-corrected chi connectivity index (χ4v) is 2.82. The number of rotatable bonds is 2. The standard InChI is InChI=1S/C15H15NOS/c17-15-8-11(10-18)9-16(15)14-7-3-5-12-4-1-2-6-13(12)14/h1-7,11,18H,8-10H2. The van der Waals surface area contributed by atoms with Crippen LogP contribution in [0.2, 0.25) is 0 Å². The van der Waals surface area contributed by atoms with E-state index in [0.717, 1.165) is 23.4 Å². The summed E-state index contributed by atoms with van der Waals surface area (Å²) in [4.78, 5) is 14.0. The van der Waals surface area contributed by atoms with E-state index in [9.17, 15) is 4.79 Å². The monoisotopic (exact) mass is 257 g/mol. The topological polar surface area (TPSA) is 20.3 Å². The molecule has 1 fully saturated rings. The maximum atomic E-state index is 12.1. The molecule has 2 aromatic carbocycles. The first-order valence-electron chi connectivity index (χ1n) is 6.18. The van der Waals surface area contributed by atoms with Crippen LogP contribution in [0, 0.1) is 5.92 Å². The molecule has 1 aliphatic heterocycles. The molecule has 18 heavy (non-hydrogen) atoms. The second-order valence-electron chi connectivity index (χ2n) is 4.76. The summed E-state index contributed by atoms with van der Waals surface area (Å²) in [6.45, 7) is 0.788. The van der Waals surface area contributed by atoms with Gasteiger partial charge in [-0.2, -0.15) is 12.6 Å². The fourth-order valence-electron chi connectivity index (χ4n) is 2.58. The molecule has 2 aromatic rings. The Morgan fingerprint density at radius 3 is 2.72 bits per heavy atom. The molecule has 3 rings (SSSR count). The number of fused-ring (bicyclic) bond motifs is 1. The number of hydrogen-bond acceptors (Lipinski definition) is 2. The quantitative estimate of drug-likeness (QED) is 0.820. The molecule has 1 atom stereocenters. The summed E-state index contributed by atoms with van der Waals surface area (Å²) in [5.41, 5.74) is 1.03. The minimum absolute atomic E-state index is 0.213. The van der Waals surface area contributed by atoms with Crippen molar-refractivity contribution in [3.63, 3.8) is 0 Å². The zero-order valence-electron chi connectivity index (χ0n) is 10.0. The number of carbonyl (C=O) groups is 1. The number of thiol groups is 1. The van der Waals surface area contributed by atoms with Gasteiger partial charge in [0.05, 0.1) is 5.69 Å². The van der Waals surface area contributed by atoms with E-state index in [1.54, 1.807) is 0 Å². The lowest BCUT2D eigenvalue weighted by molar-refractivity contribution is -0.117. The third kappa shape index (κ3) is 1.89. The van der Waals surface area contributed by atoms with Gasteiger partial charge in [0.2, 0.25) is 5.91 Å². The molecule has 0 spiro atoms. The van der Waals surface area contributed by atoms with Gasteiger partial charge in [-0.25, -0.2) is 0 Å². The van der Waals surface area contributed by atoms with Gasteiger partial charge < -0.3 is 4.90 Å². The number of carbonyl (C=O) groups excluding carboxylic acids is 1. The third-order valence-electron chi connectivity index (χ3n) is 3.52. The molecule has 0 radical (unpaired) electrons. The summed E-state index contributed by atoms with van der Waals surface area (Å²) in [7, 11) is 0. The molecule has 3 heteroatoms. The molecule has 92 valence electrons. The minimum Gasteiger partial charge on any atom is -0.311 e. The summed E-state index contributed by atoms with van der Waals surface area (Å²) >= 11 is 4.30. The van der Waals surface area contributed by atoms with Crippen LogP contribution in [-0.2, 0) is 4.79 Å². The lowest BCUT2D eigenvalue weighted by Gasteiger charge is -2.18. The van der Waals surface area contributed by atoms with Crippen LogP contribution in [0.3, 0.4) is 0 Å². The highest BCUT2D eigenvalue weighted by molar-refractivity contribution is 7.80. The van der Waals surface area contributed by atoms with Crippen molar-refractivity contribution < 1.29 is 4.79 Å². The number of benzene rings is 2. The molecule has 0 bridgehead atoms. The number of nitrogens with zero attached hydrogens (tertiary/aromatic N) is 1. The van der Waals surface area contributed by atoms with Crippen molar-refractivity contribution in [2.45, 2.75) is 6.42 Å². The molecule has 0 aromatic heterocycles. The molecule has 0 saturated carbocycles. The average molecular weight is 257 g/mol. The van der Waals surface area contributed by atoms with E-state index in [1.165, 1.54) is 5.39 Å². The van der Waals surface area contributed by atoms with E-state index in [0.29, 0.717) is 12.3 Å². The zero-order valence-corrected chi connectivity index (χ0v) is 10.9. The minimum atomic E-state index is 0.213. The second-order valence-corrected chi connectivity index (χ2v) is 5.12. The van der Waals surface area contributed by atoms with E-state index >= 15 is 0 Å². The van der Waals surface area contributed by atoms with E-state index in [2.05, 4.69) is 30.8 Å². The first kappa shape index (κ1) is 11.6. The van der Waals surface area contributed by atoms with Gasteiger partial charge in [-0.3, -0.25) is 4.79 Å². The molecular weight excluding hydrogens is 242 g/mol. The summed E-state index contributed by atoms with van der Waals surface area (Å²) in [6, 6.07) is 14.3. The van der Waals surface area contributed by atoms with Crippen molar-refractivity contribution in [1.29, 1.82) is 0 Å². The molecule has 2 nitrogen and oxygen atoms in total. The molecule has 1 saturated heterocycles. The van der Waals surface area contributed by atoms with E-state index in [1.807, 2.05) is 29.2 Å². The van der Waals surface area contributed by atoms with Gasteiger partial charge in [0.25, 0.3) is 0 Å². The Morgan fingerprint density at radius 2 is 1.94 bits per heavy atom. The Labute approximate surface area is 112 Å². The van der Waals surface area contributed by atoms with Crippen molar-refractivity contribution >= 4 is 35.0 Å². The van der Waals surface area contributed by atoms with Crippen molar-refractivity contribution in [2.75, 3.05) is 17.2 Å². The van der Waals surface area contributed by atoms with Crippen LogP contribution in [0.15, 0.2) is 42.5 Å². The number of anilines is 1. The zero-order chi connectivity index (χ0) is 12.5. The Bertz CT molecular complexity index is 591. The van der Waals surface area contributed by atoms with Gasteiger partial charge in [0.1, 0.15) is 0 Å². The lowest BCUT2D eigenvalue weighted by atomic mass is 10.1. The highest BCUT2D eigenvalue weighted by Crippen LogP contribution is 2.31. The van der Waals surface area contributed by atoms with Gasteiger partial charge in [-0.05, 0) is 23.1 Å². The SMILES string of the molecule is O=C1CC(CS)CN1c1cccc2ccccc12. The summed E-state index contributed by atoms with van der Waals surface area (Å²) in [5, 5.41) is 2.32. The highest BCUT2D eigenvalue weighted by atomic mass is 32.1. The Balaban J connectivity index is 2.07. The van der Waals surface area contributed by atoms with Crippen molar-refractivity contribution in [1.82, 2.24) is 0 Å². The van der Waals surface area contributed by atoms with E-state index in [4.69, 9.17) is 0 Å². The Kier molecular flexibility index (Phi) is 3.00. The molecule has 0 aliphatic carbocycles. The van der Waals surface area contributed by atoms with Crippen LogP contribution in [0.5, 0.6) is 0 Å². The Hall–Kier alpha value is -1.48. The summed E-state index contributed by atoms with van der Waals surface area (Å²) in [6.07, 6.45) is 0.618. The van der Waals surface area contributed by atoms with Crippen LogP contribution < -0.4 is 4.90 Å². The normalized spacial score (nSPS) is 19.7. The van der Waals surface area contributed by atoms with Gasteiger partial charge in [-0.15, -0.1) is 0 Å². The predicted octanol–water partition coefficient (Wildman–Crippen LogP) is 3.12. The van der Waals surface area contributed by atoms with Gasteiger partial charge >= 0.3 is 0 Å². The molecule has 1 amide bonds. The molecule has 1 unspecified atom stereocenters. The number of hydrogen-bond donors (Lipinski definition) is 1. The lowest BCUT2D eigenvalue weighted by Crippen LogP contribution is -2.24. The largest absolute Gasteiger partial charge is 0.311 e. The third-order valence-corrected chi connectivity index (χ3v) is 4.04. The smallest absolute Gasteiger partial charge is 0.227 e. The van der Waals surface area contributed by atoms with Crippen LogP contribution in [0.4, 0.5) is 5.69 Å². The number of amides is 1. The van der Waals surface area contributed by atoms with Gasteiger partial charge in [0.15, 0.2) is 0 Å². The van der Waals surface area contributed by atoms with Crippen LogP contribution in [-0.4, -0.2) is 18.2 Å². The summed E-state index contributed by atoms with van der Waals surface area (Å²) < 4.78 is 0. The van der Waals surface area contributed by atoms with Crippen LogP contribution in [0.25, 0.3) is 10.8 Å². The van der Waals surface area contributed by atoms with Crippen molar-refractivity contribution in [3.8, 4) is 0 Å². The maximum absolute atomic E-state index is 12.1.